The fraction of sp³-hybridized carbons (Fsp3) is 0.176. The van der Waals surface area contributed by atoms with E-state index in [0.29, 0.717) is 5.92 Å². The van der Waals surface area contributed by atoms with E-state index in [9.17, 15) is 0 Å². The maximum atomic E-state index is 2.28. The predicted molar refractivity (Wildman–Crippen MR) is 75.6 cm³/mol. The molecule has 2 rings (SSSR count). The van der Waals surface area contributed by atoms with Gasteiger partial charge in [0.25, 0.3) is 0 Å². The number of allylic oxidation sites excluding steroid dienone is 1. The molecule has 2 aromatic carbocycles. The molecule has 0 aliphatic carbocycles. The van der Waals surface area contributed by atoms with Crippen LogP contribution in [0.5, 0.6) is 0 Å². The maximum absolute atomic E-state index is 2.28. The third kappa shape index (κ3) is 3.07. The van der Waals surface area contributed by atoms with Crippen molar-refractivity contribution in [2.45, 2.75) is 13.8 Å². The van der Waals surface area contributed by atoms with Crippen molar-refractivity contribution in [2.24, 2.45) is 5.92 Å². The van der Waals surface area contributed by atoms with Crippen LogP contribution in [0.1, 0.15) is 25.0 Å². The van der Waals surface area contributed by atoms with Gasteiger partial charge in [0.05, 0.1) is 0 Å². The lowest BCUT2D eigenvalue weighted by Gasteiger charge is -2.12. The molecule has 0 nitrogen and oxygen atoms in total. The van der Waals surface area contributed by atoms with Gasteiger partial charge in [-0.2, -0.15) is 0 Å². The van der Waals surface area contributed by atoms with Crippen LogP contribution in [0.15, 0.2) is 60.7 Å². The monoisotopic (exact) mass is 222 g/mol. The quantitative estimate of drug-likeness (QED) is 0.649. The average molecular weight is 222 g/mol. The van der Waals surface area contributed by atoms with Gasteiger partial charge in [0.15, 0.2) is 0 Å². The van der Waals surface area contributed by atoms with Crippen molar-refractivity contribution in [2.75, 3.05) is 0 Å². The first-order valence-corrected chi connectivity index (χ1v) is 6.09. The van der Waals surface area contributed by atoms with Gasteiger partial charge >= 0.3 is 0 Å². The Morgan fingerprint density at radius 3 is 1.88 bits per heavy atom. The van der Waals surface area contributed by atoms with Crippen LogP contribution in [0.3, 0.4) is 0 Å². The number of rotatable bonds is 3. The van der Waals surface area contributed by atoms with E-state index in [1.54, 1.807) is 0 Å². The van der Waals surface area contributed by atoms with Crippen LogP contribution in [0.25, 0.3) is 11.6 Å². The summed E-state index contributed by atoms with van der Waals surface area (Å²) in [6.07, 6.45) is 2.28. The first-order chi connectivity index (χ1) is 8.27. The summed E-state index contributed by atoms with van der Waals surface area (Å²) in [7, 11) is 0. The highest BCUT2D eigenvalue weighted by atomic mass is 14.1. The van der Waals surface area contributed by atoms with Gasteiger partial charge in [-0.05, 0) is 22.6 Å². The van der Waals surface area contributed by atoms with Crippen LogP contribution in [0.2, 0.25) is 0 Å². The Labute approximate surface area is 104 Å². The van der Waals surface area contributed by atoms with Gasteiger partial charge < -0.3 is 0 Å². The molecule has 0 heterocycles. The Morgan fingerprint density at radius 2 is 1.35 bits per heavy atom. The molecule has 86 valence electrons. The zero-order valence-corrected chi connectivity index (χ0v) is 10.4. The Balaban J connectivity index is 2.40. The molecule has 0 aliphatic heterocycles. The molecular formula is C17H18. The lowest BCUT2D eigenvalue weighted by atomic mass is 9.93. The van der Waals surface area contributed by atoms with Crippen molar-refractivity contribution in [1.29, 1.82) is 0 Å². The SMILES string of the molecule is CC(C)/C(=C\c1ccccc1)c1ccccc1. The van der Waals surface area contributed by atoms with E-state index in [1.807, 2.05) is 0 Å². The van der Waals surface area contributed by atoms with Gasteiger partial charge in [0.2, 0.25) is 0 Å². The standard InChI is InChI=1S/C17H18/c1-14(2)17(16-11-7-4-8-12-16)13-15-9-5-3-6-10-15/h3-14H,1-2H3/b17-13+. The third-order valence-corrected chi connectivity index (χ3v) is 2.85. The highest BCUT2D eigenvalue weighted by Gasteiger charge is 2.05. The fourth-order valence-electron chi connectivity index (χ4n) is 1.94. The van der Waals surface area contributed by atoms with E-state index in [2.05, 4.69) is 80.6 Å². The summed E-state index contributed by atoms with van der Waals surface area (Å²) in [5.74, 6) is 0.526. The summed E-state index contributed by atoms with van der Waals surface area (Å²) in [5.41, 5.74) is 3.96. The highest BCUT2D eigenvalue weighted by Crippen LogP contribution is 2.25. The van der Waals surface area contributed by atoms with Crippen molar-refractivity contribution in [3.8, 4) is 0 Å². The molecule has 17 heavy (non-hydrogen) atoms. The van der Waals surface area contributed by atoms with Crippen LogP contribution >= 0.6 is 0 Å². The fourth-order valence-corrected chi connectivity index (χ4v) is 1.94. The zero-order chi connectivity index (χ0) is 12.1. The van der Waals surface area contributed by atoms with Gasteiger partial charge in [-0.3, -0.25) is 0 Å². The first-order valence-electron chi connectivity index (χ1n) is 6.09. The van der Waals surface area contributed by atoms with Crippen LogP contribution in [0.4, 0.5) is 0 Å². The number of hydrogen-bond acceptors (Lipinski definition) is 0. The zero-order valence-electron chi connectivity index (χ0n) is 10.4. The molecule has 0 atom stereocenters. The molecule has 0 radical (unpaired) electrons. The largest absolute Gasteiger partial charge is 0.0622 e. The molecule has 0 saturated heterocycles. The van der Waals surface area contributed by atoms with Crippen molar-refractivity contribution in [3.63, 3.8) is 0 Å². The van der Waals surface area contributed by atoms with Gasteiger partial charge in [-0.1, -0.05) is 80.6 Å². The minimum Gasteiger partial charge on any atom is -0.0622 e. The molecule has 0 amide bonds. The first kappa shape index (κ1) is 11.7. The summed E-state index contributed by atoms with van der Waals surface area (Å²) in [6, 6.07) is 21.1. The molecule has 0 aliphatic rings. The van der Waals surface area contributed by atoms with Gasteiger partial charge in [0.1, 0.15) is 0 Å². The molecule has 0 spiro atoms. The Morgan fingerprint density at radius 1 is 0.824 bits per heavy atom. The van der Waals surface area contributed by atoms with E-state index in [-0.39, 0.29) is 0 Å². The molecule has 2 aromatic rings. The molecule has 0 aromatic heterocycles. The molecule has 0 heteroatoms. The third-order valence-electron chi connectivity index (χ3n) is 2.85. The molecule has 0 N–H and O–H groups in total. The average Bonchev–Trinajstić information content (AvgIpc) is 2.38. The van der Waals surface area contributed by atoms with Crippen molar-refractivity contribution in [1.82, 2.24) is 0 Å². The van der Waals surface area contributed by atoms with E-state index in [1.165, 1.54) is 16.7 Å². The minimum atomic E-state index is 0.526. The summed E-state index contributed by atoms with van der Waals surface area (Å²) in [5, 5.41) is 0. The second kappa shape index (κ2) is 5.49. The lowest BCUT2D eigenvalue weighted by Crippen LogP contribution is -1.93. The summed E-state index contributed by atoms with van der Waals surface area (Å²) in [6.45, 7) is 4.48. The molecule has 0 saturated carbocycles. The summed E-state index contributed by atoms with van der Waals surface area (Å²) in [4.78, 5) is 0. The molecule has 0 unspecified atom stereocenters. The Hall–Kier alpha value is -1.82. The molecule has 0 fully saturated rings. The smallest absolute Gasteiger partial charge is 0.0213 e. The van der Waals surface area contributed by atoms with Crippen LogP contribution in [0, 0.1) is 5.92 Å². The minimum absolute atomic E-state index is 0.526. The van der Waals surface area contributed by atoms with Crippen molar-refractivity contribution >= 4 is 11.6 Å². The predicted octanol–water partition coefficient (Wildman–Crippen LogP) is 4.88. The second-order valence-corrected chi connectivity index (χ2v) is 4.53. The van der Waals surface area contributed by atoms with E-state index >= 15 is 0 Å². The Bertz CT molecular complexity index is 478. The highest BCUT2D eigenvalue weighted by molar-refractivity contribution is 5.82. The number of hydrogen-bond donors (Lipinski definition) is 0. The second-order valence-electron chi connectivity index (χ2n) is 4.53. The maximum Gasteiger partial charge on any atom is -0.0213 e. The lowest BCUT2D eigenvalue weighted by molar-refractivity contribution is 0.859. The summed E-state index contributed by atoms with van der Waals surface area (Å²) >= 11 is 0. The van der Waals surface area contributed by atoms with Gasteiger partial charge in [-0.25, -0.2) is 0 Å². The van der Waals surface area contributed by atoms with Crippen LogP contribution < -0.4 is 0 Å². The van der Waals surface area contributed by atoms with Gasteiger partial charge in [0, 0.05) is 0 Å². The van der Waals surface area contributed by atoms with Gasteiger partial charge in [-0.15, -0.1) is 0 Å². The molecular weight excluding hydrogens is 204 g/mol. The topological polar surface area (TPSA) is 0 Å². The van der Waals surface area contributed by atoms with Crippen molar-refractivity contribution in [3.05, 3.63) is 71.8 Å². The molecule has 0 bridgehead atoms. The van der Waals surface area contributed by atoms with Crippen LogP contribution in [-0.4, -0.2) is 0 Å². The summed E-state index contributed by atoms with van der Waals surface area (Å²) < 4.78 is 0. The van der Waals surface area contributed by atoms with E-state index in [4.69, 9.17) is 0 Å². The number of benzene rings is 2. The Kier molecular flexibility index (Phi) is 3.77. The van der Waals surface area contributed by atoms with E-state index < -0.39 is 0 Å². The normalized spacial score (nSPS) is 11.8. The van der Waals surface area contributed by atoms with Crippen molar-refractivity contribution < 1.29 is 0 Å². The van der Waals surface area contributed by atoms with E-state index in [0.717, 1.165) is 0 Å². The van der Waals surface area contributed by atoms with Crippen LogP contribution in [-0.2, 0) is 0 Å².